The van der Waals surface area contributed by atoms with E-state index in [2.05, 4.69) is 20.5 Å². The summed E-state index contributed by atoms with van der Waals surface area (Å²) in [6.07, 6.45) is 7.97. The summed E-state index contributed by atoms with van der Waals surface area (Å²) in [5, 5.41) is 13.1. The Morgan fingerprint density at radius 3 is 2.54 bits per heavy atom. The number of amides is 1. The van der Waals surface area contributed by atoms with Crippen molar-refractivity contribution in [2.45, 2.75) is 36.9 Å². The lowest BCUT2D eigenvalue weighted by Gasteiger charge is -2.12. The maximum Gasteiger partial charge on any atom is 0.230 e. The maximum atomic E-state index is 12.3. The van der Waals surface area contributed by atoms with E-state index < -0.39 is 0 Å². The molecule has 1 aromatic carbocycles. The lowest BCUT2D eigenvalue weighted by atomic mass is 10.2. The van der Waals surface area contributed by atoms with Gasteiger partial charge in [0.15, 0.2) is 11.0 Å². The van der Waals surface area contributed by atoms with Crippen molar-refractivity contribution < 1.29 is 4.79 Å². The summed E-state index contributed by atoms with van der Waals surface area (Å²) < 4.78 is 1.94. The van der Waals surface area contributed by atoms with Gasteiger partial charge in [0.25, 0.3) is 0 Å². The molecule has 28 heavy (non-hydrogen) atoms. The number of pyridine rings is 1. The number of rotatable bonds is 6. The Morgan fingerprint density at radius 2 is 1.82 bits per heavy atom. The van der Waals surface area contributed by atoms with Crippen molar-refractivity contribution >= 4 is 29.3 Å². The van der Waals surface area contributed by atoms with Crippen LogP contribution in [0.4, 0.5) is 0 Å². The molecular weight excluding hydrogens is 394 g/mol. The second-order valence-electron chi connectivity index (χ2n) is 6.69. The first kappa shape index (κ1) is 19.0. The molecule has 2 heterocycles. The van der Waals surface area contributed by atoms with Crippen LogP contribution >= 0.6 is 23.4 Å². The van der Waals surface area contributed by atoms with E-state index in [9.17, 15) is 4.79 Å². The van der Waals surface area contributed by atoms with Crippen LogP contribution in [0.5, 0.6) is 0 Å². The van der Waals surface area contributed by atoms with Gasteiger partial charge in [0, 0.05) is 34.7 Å². The van der Waals surface area contributed by atoms with E-state index >= 15 is 0 Å². The van der Waals surface area contributed by atoms with Crippen LogP contribution in [0.25, 0.3) is 17.1 Å². The maximum absolute atomic E-state index is 12.3. The molecule has 0 bridgehead atoms. The Balaban J connectivity index is 1.58. The topological polar surface area (TPSA) is 72.7 Å². The average Bonchev–Trinajstić information content (AvgIpc) is 3.37. The van der Waals surface area contributed by atoms with E-state index in [1.165, 1.54) is 24.6 Å². The van der Waals surface area contributed by atoms with Gasteiger partial charge >= 0.3 is 0 Å². The van der Waals surface area contributed by atoms with Gasteiger partial charge in [0.1, 0.15) is 0 Å². The molecule has 6 nitrogen and oxygen atoms in total. The molecule has 1 aliphatic rings. The van der Waals surface area contributed by atoms with Crippen molar-refractivity contribution in [3.05, 3.63) is 53.8 Å². The summed E-state index contributed by atoms with van der Waals surface area (Å²) in [6, 6.07) is 11.6. The van der Waals surface area contributed by atoms with E-state index in [0.29, 0.717) is 27.8 Å². The van der Waals surface area contributed by atoms with E-state index in [4.69, 9.17) is 11.6 Å². The molecule has 4 rings (SSSR count). The average molecular weight is 414 g/mol. The number of carbonyl (C=O) groups excluding carboxylic acids is 1. The van der Waals surface area contributed by atoms with Crippen LogP contribution in [0.3, 0.4) is 0 Å². The van der Waals surface area contributed by atoms with Crippen molar-refractivity contribution in [2.75, 3.05) is 5.75 Å². The largest absolute Gasteiger partial charge is 0.353 e. The Kier molecular flexibility index (Phi) is 5.92. The monoisotopic (exact) mass is 413 g/mol. The van der Waals surface area contributed by atoms with Gasteiger partial charge in [-0.15, -0.1) is 10.2 Å². The van der Waals surface area contributed by atoms with Crippen molar-refractivity contribution in [3.63, 3.8) is 0 Å². The fourth-order valence-electron chi connectivity index (χ4n) is 3.34. The van der Waals surface area contributed by atoms with Crippen LogP contribution in [0.1, 0.15) is 25.7 Å². The van der Waals surface area contributed by atoms with Gasteiger partial charge in [-0.05, 0) is 49.2 Å². The normalized spacial score (nSPS) is 14.3. The predicted octanol–water partition coefficient (Wildman–Crippen LogP) is 4.13. The first-order valence-electron chi connectivity index (χ1n) is 9.24. The van der Waals surface area contributed by atoms with Crippen LogP contribution in [0.2, 0.25) is 5.02 Å². The Hall–Kier alpha value is -2.38. The molecule has 1 amide bonds. The summed E-state index contributed by atoms with van der Waals surface area (Å²) in [5.41, 5.74) is 1.79. The standard InChI is InChI=1S/C20H20ClN5OS/c21-15-5-7-17(8-6-15)26-19(14-9-11-22-12-10-14)24-25-20(26)28-13-18(27)23-16-3-1-2-4-16/h5-12,16H,1-4,13H2,(H,23,27). The molecule has 0 atom stereocenters. The van der Waals surface area contributed by atoms with Gasteiger partial charge in [-0.2, -0.15) is 0 Å². The van der Waals surface area contributed by atoms with Crippen molar-refractivity contribution in [3.8, 4) is 17.1 Å². The summed E-state index contributed by atoms with van der Waals surface area (Å²) >= 11 is 7.43. The third-order valence-corrected chi connectivity index (χ3v) is 5.89. The molecule has 1 fully saturated rings. The first-order chi connectivity index (χ1) is 13.7. The second kappa shape index (κ2) is 8.75. The van der Waals surface area contributed by atoms with Gasteiger partial charge < -0.3 is 5.32 Å². The zero-order chi connectivity index (χ0) is 19.3. The highest BCUT2D eigenvalue weighted by molar-refractivity contribution is 7.99. The molecule has 0 radical (unpaired) electrons. The van der Waals surface area contributed by atoms with Gasteiger partial charge in [0.05, 0.1) is 5.75 Å². The van der Waals surface area contributed by atoms with Crippen molar-refractivity contribution in [1.82, 2.24) is 25.1 Å². The molecule has 8 heteroatoms. The number of carbonyl (C=O) groups is 1. The molecule has 1 N–H and O–H groups in total. The third-order valence-electron chi connectivity index (χ3n) is 4.71. The number of nitrogens with one attached hydrogen (secondary N) is 1. The van der Waals surface area contributed by atoms with Crippen LogP contribution in [0, 0.1) is 0 Å². The summed E-state index contributed by atoms with van der Waals surface area (Å²) in [5.74, 6) is 1.04. The highest BCUT2D eigenvalue weighted by atomic mass is 35.5. The molecule has 0 spiro atoms. The molecular formula is C20H20ClN5OS. The molecule has 0 aliphatic heterocycles. The first-order valence-corrected chi connectivity index (χ1v) is 10.6. The lowest BCUT2D eigenvalue weighted by Crippen LogP contribution is -2.33. The number of benzene rings is 1. The highest BCUT2D eigenvalue weighted by Gasteiger charge is 2.20. The zero-order valence-corrected chi connectivity index (χ0v) is 16.8. The van der Waals surface area contributed by atoms with Crippen LogP contribution < -0.4 is 5.32 Å². The van der Waals surface area contributed by atoms with Gasteiger partial charge in [-0.1, -0.05) is 36.2 Å². The minimum Gasteiger partial charge on any atom is -0.353 e. The quantitative estimate of drug-likeness (QED) is 0.615. The summed E-state index contributed by atoms with van der Waals surface area (Å²) in [7, 11) is 0. The number of halogens is 1. The fraction of sp³-hybridized carbons (Fsp3) is 0.300. The van der Waals surface area contributed by atoms with E-state index in [0.717, 1.165) is 24.1 Å². The number of aromatic nitrogens is 4. The minimum absolute atomic E-state index is 0.0352. The Morgan fingerprint density at radius 1 is 1.11 bits per heavy atom. The number of nitrogens with zero attached hydrogens (tertiary/aromatic N) is 4. The molecule has 0 unspecified atom stereocenters. The molecule has 1 aliphatic carbocycles. The van der Waals surface area contributed by atoms with E-state index in [1.54, 1.807) is 12.4 Å². The zero-order valence-electron chi connectivity index (χ0n) is 15.2. The van der Waals surface area contributed by atoms with Crippen LogP contribution in [-0.4, -0.2) is 37.5 Å². The molecule has 1 saturated carbocycles. The summed E-state index contributed by atoms with van der Waals surface area (Å²) in [6.45, 7) is 0. The third kappa shape index (κ3) is 4.36. The minimum atomic E-state index is 0.0352. The molecule has 3 aromatic rings. The Bertz CT molecular complexity index is 939. The number of hydrogen-bond donors (Lipinski definition) is 1. The SMILES string of the molecule is O=C(CSc1nnc(-c2ccncc2)n1-c1ccc(Cl)cc1)NC1CCCC1. The van der Waals surface area contributed by atoms with Gasteiger partial charge in [-0.3, -0.25) is 14.3 Å². The number of hydrogen-bond acceptors (Lipinski definition) is 5. The Labute approximate surface area is 172 Å². The van der Waals surface area contributed by atoms with Gasteiger partial charge in [-0.25, -0.2) is 0 Å². The fourth-order valence-corrected chi connectivity index (χ4v) is 4.23. The highest BCUT2D eigenvalue weighted by Crippen LogP contribution is 2.28. The lowest BCUT2D eigenvalue weighted by molar-refractivity contribution is -0.119. The van der Waals surface area contributed by atoms with E-state index in [-0.39, 0.29) is 5.91 Å². The van der Waals surface area contributed by atoms with Gasteiger partial charge in [0.2, 0.25) is 5.91 Å². The number of thioether (sulfide) groups is 1. The second-order valence-corrected chi connectivity index (χ2v) is 8.07. The molecule has 2 aromatic heterocycles. The van der Waals surface area contributed by atoms with Crippen LogP contribution in [0.15, 0.2) is 53.9 Å². The molecule has 144 valence electrons. The van der Waals surface area contributed by atoms with Crippen molar-refractivity contribution in [2.24, 2.45) is 0 Å². The van der Waals surface area contributed by atoms with E-state index in [1.807, 2.05) is 41.0 Å². The van der Waals surface area contributed by atoms with Crippen LogP contribution in [-0.2, 0) is 4.79 Å². The predicted molar refractivity (Wildman–Crippen MR) is 111 cm³/mol. The smallest absolute Gasteiger partial charge is 0.230 e. The van der Waals surface area contributed by atoms with Crippen molar-refractivity contribution in [1.29, 1.82) is 0 Å². The molecule has 0 saturated heterocycles. The summed E-state index contributed by atoms with van der Waals surface area (Å²) in [4.78, 5) is 16.4.